The number of aliphatic hydroxyl groups excluding tert-OH is 1. The van der Waals surface area contributed by atoms with Crippen LogP contribution in [0.25, 0.3) is 0 Å². The number of nitrogens with zero attached hydrogens (tertiary/aromatic N) is 3. The molecule has 0 aliphatic carbocycles. The number of benzene rings is 1. The van der Waals surface area contributed by atoms with Crippen LogP contribution in [0.1, 0.15) is 41.7 Å². The maximum Gasteiger partial charge on any atom is 0.158 e. The van der Waals surface area contributed by atoms with Crippen LogP contribution in [0, 0.1) is 13.8 Å². The second-order valence-corrected chi connectivity index (χ2v) is 4.94. The Hall–Kier alpha value is -1.68. The maximum absolute atomic E-state index is 9.28. The summed E-state index contributed by atoms with van der Waals surface area (Å²) in [6.07, 6.45) is 1.76. The van der Waals surface area contributed by atoms with E-state index in [9.17, 15) is 5.11 Å². The van der Waals surface area contributed by atoms with Gasteiger partial charge in [0, 0.05) is 13.0 Å². The Labute approximate surface area is 114 Å². The highest BCUT2D eigenvalue weighted by Gasteiger charge is 2.11. The minimum Gasteiger partial charge on any atom is -0.388 e. The van der Waals surface area contributed by atoms with E-state index in [1.165, 1.54) is 16.7 Å². The molecule has 19 heavy (non-hydrogen) atoms. The third kappa shape index (κ3) is 3.01. The lowest BCUT2D eigenvalue weighted by Gasteiger charge is -2.09. The lowest BCUT2D eigenvalue weighted by molar-refractivity contribution is 0.264. The molecule has 0 saturated carbocycles. The van der Waals surface area contributed by atoms with Crippen LogP contribution in [0.5, 0.6) is 0 Å². The zero-order valence-electron chi connectivity index (χ0n) is 11.8. The van der Waals surface area contributed by atoms with E-state index in [-0.39, 0.29) is 6.61 Å². The molecular formula is C15H21N3O. The normalized spacial score (nSPS) is 10.9. The van der Waals surface area contributed by atoms with Gasteiger partial charge in [0.1, 0.15) is 12.4 Å². The van der Waals surface area contributed by atoms with Crippen LogP contribution in [0.15, 0.2) is 18.2 Å². The van der Waals surface area contributed by atoms with E-state index >= 15 is 0 Å². The zero-order chi connectivity index (χ0) is 13.8. The van der Waals surface area contributed by atoms with Crippen LogP contribution in [-0.4, -0.2) is 19.9 Å². The van der Waals surface area contributed by atoms with Gasteiger partial charge in [-0.2, -0.15) is 0 Å². The summed E-state index contributed by atoms with van der Waals surface area (Å²) in [7, 11) is 0. The molecule has 0 radical (unpaired) electrons. The minimum absolute atomic E-state index is 0.0556. The van der Waals surface area contributed by atoms with Gasteiger partial charge in [-0.05, 0) is 37.0 Å². The average Bonchev–Trinajstić information content (AvgIpc) is 2.77. The molecule has 102 valence electrons. The van der Waals surface area contributed by atoms with Crippen LogP contribution < -0.4 is 0 Å². The van der Waals surface area contributed by atoms with Gasteiger partial charge in [-0.25, -0.2) is 0 Å². The molecule has 0 atom stereocenters. The standard InChI is InChI=1S/C15H21N3O/c1-4-7-18-14(16-17-15(18)10-19)9-13-6-5-11(2)12(3)8-13/h5-6,8,19H,4,7,9-10H2,1-3H3. The molecule has 0 fully saturated rings. The van der Waals surface area contributed by atoms with Crippen molar-refractivity contribution in [1.82, 2.24) is 14.8 Å². The number of aryl methyl sites for hydroxylation is 2. The van der Waals surface area contributed by atoms with Crippen LogP contribution in [0.2, 0.25) is 0 Å². The van der Waals surface area contributed by atoms with E-state index in [1.54, 1.807) is 0 Å². The fraction of sp³-hybridized carbons (Fsp3) is 0.467. The second kappa shape index (κ2) is 5.97. The van der Waals surface area contributed by atoms with E-state index in [0.29, 0.717) is 5.82 Å². The van der Waals surface area contributed by atoms with Gasteiger partial charge < -0.3 is 9.67 Å². The fourth-order valence-corrected chi connectivity index (χ4v) is 2.20. The molecule has 4 heteroatoms. The van der Waals surface area contributed by atoms with E-state index in [0.717, 1.165) is 25.2 Å². The molecule has 0 unspecified atom stereocenters. The Morgan fingerprint density at radius 2 is 1.84 bits per heavy atom. The van der Waals surface area contributed by atoms with Gasteiger partial charge in [0.2, 0.25) is 0 Å². The summed E-state index contributed by atoms with van der Waals surface area (Å²) in [4.78, 5) is 0. The zero-order valence-corrected chi connectivity index (χ0v) is 11.8. The van der Waals surface area contributed by atoms with Crippen molar-refractivity contribution in [2.24, 2.45) is 0 Å². The lowest BCUT2D eigenvalue weighted by Crippen LogP contribution is -2.08. The van der Waals surface area contributed by atoms with Crippen molar-refractivity contribution >= 4 is 0 Å². The van der Waals surface area contributed by atoms with E-state index in [4.69, 9.17) is 0 Å². The summed E-state index contributed by atoms with van der Waals surface area (Å²) in [5.41, 5.74) is 3.83. The van der Waals surface area contributed by atoms with Crippen LogP contribution in [0.4, 0.5) is 0 Å². The summed E-state index contributed by atoms with van der Waals surface area (Å²) >= 11 is 0. The van der Waals surface area contributed by atoms with Gasteiger partial charge in [0.25, 0.3) is 0 Å². The molecule has 0 amide bonds. The van der Waals surface area contributed by atoms with Crippen LogP contribution in [0.3, 0.4) is 0 Å². The number of aliphatic hydroxyl groups is 1. The summed E-state index contributed by atoms with van der Waals surface area (Å²) < 4.78 is 2.02. The predicted octanol–water partition coefficient (Wildman–Crippen LogP) is 2.39. The van der Waals surface area contributed by atoms with Crippen molar-refractivity contribution in [3.05, 3.63) is 46.5 Å². The van der Waals surface area contributed by atoms with Crippen LogP contribution >= 0.6 is 0 Å². The molecule has 0 aliphatic heterocycles. The van der Waals surface area contributed by atoms with Crippen molar-refractivity contribution in [3.8, 4) is 0 Å². The van der Waals surface area contributed by atoms with Gasteiger partial charge in [0.15, 0.2) is 5.82 Å². The van der Waals surface area contributed by atoms with Crippen molar-refractivity contribution in [3.63, 3.8) is 0 Å². The van der Waals surface area contributed by atoms with Crippen molar-refractivity contribution in [2.75, 3.05) is 0 Å². The summed E-state index contributed by atoms with van der Waals surface area (Å²) in [6.45, 7) is 7.14. The Balaban J connectivity index is 2.27. The number of rotatable bonds is 5. The summed E-state index contributed by atoms with van der Waals surface area (Å²) in [6, 6.07) is 6.46. The molecule has 0 spiro atoms. The number of hydrogen-bond donors (Lipinski definition) is 1. The first-order chi connectivity index (χ1) is 9.15. The Morgan fingerprint density at radius 1 is 1.11 bits per heavy atom. The Bertz CT molecular complexity index is 561. The molecule has 2 rings (SSSR count). The summed E-state index contributed by atoms with van der Waals surface area (Å²) in [5.74, 6) is 1.58. The van der Waals surface area contributed by atoms with E-state index in [2.05, 4.69) is 49.2 Å². The average molecular weight is 259 g/mol. The maximum atomic E-state index is 9.28. The van der Waals surface area contributed by atoms with E-state index < -0.39 is 0 Å². The number of hydrogen-bond acceptors (Lipinski definition) is 3. The molecular weight excluding hydrogens is 238 g/mol. The van der Waals surface area contributed by atoms with Gasteiger partial charge in [-0.3, -0.25) is 0 Å². The lowest BCUT2D eigenvalue weighted by atomic mass is 10.0. The van der Waals surface area contributed by atoms with Crippen molar-refractivity contribution in [1.29, 1.82) is 0 Å². The first-order valence-electron chi connectivity index (χ1n) is 6.73. The third-order valence-electron chi connectivity index (χ3n) is 3.43. The Morgan fingerprint density at radius 3 is 2.47 bits per heavy atom. The van der Waals surface area contributed by atoms with Crippen molar-refractivity contribution in [2.45, 2.75) is 46.8 Å². The molecule has 0 saturated heterocycles. The Kier molecular flexibility index (Phi) is 4.32. The topological polar surface area (TPSA) is 50.9 Å². The predicted molar refractivity (Wildman–Crippen MR) is 75.0 cm³/mol. The quantitative estimate of drug-likeness (QED) is 0.897. The molecule has 1 aromatic carbocycles. The van der Waals surface area contributed by atoms with Crippen molar-refractivity contribution < 1.29 is 5.11 Å². The smallest absolute Gasteiger partial charge is 0.158 e. The van der Waals surface area contributed by atoms with Gasteiger partial charge in [0.05, 0.1) is 0 Å². The highest BCUT2D eigenvalue weighted by atomic mass is 16.3. The van der Waals surface area contributed by atoms with Gasteiger partial charge in [-0.15, -0.1) is 10.2 Å². The molecule has 0 bridgehead atoms. The molecule has 1 N–H and O–H groups in total. The third-order valence-corrected chi connectivity index (χ3v) is 3.43. The monoisotopic (exact) mass is 259 g/mol. The molecule has 1 aromatic heterocycles. The molecule has 2 aromatic rings. The first-order valence-corrected chi connectivity index (χ1v) is 6.73. The number of aromatic nitrogens is 3. The van der Waals surface area contributed by atoms with Gasteiger partial charge in [-0.1, -0.05) is 25.1 Å². The largest absolute Gasteiger partial charge is 0.388 e. The molecule has 1 heterocycles. The first kappa shape index (κ1) is 13.7. The SMILES string of the molecule is CCCn1c(CO)nnc1Cc1ccc(C)c(C)c1. The van der Waals surface area contributed by atoms with Crippen LogP contribution in [-0.2, 0) is 19.6 Å². The summed E-state index contributed by atoms with van der Waals surface area (Å²) in [5, 5.41) is 17.5. The minimum atomic E-state index is -0.0556. The fourth-order valence-electron chi connectivity index (χ4n) is 2.20. The van der Waals surface area contributed by atoms with Gasteiger partial charge >= 0.3 is 0 Å². The van der Waals surface area contributed by atoms with E-state index in [1.807, 2.05) is 4.57 Å². The second-order valence-electron chi connectivity index (χ2n) is 4.94. The highest BCUT2D eigenvalue weighted by Crippen LogP contribution is 2.14. The molecule has 4 nitrogen and oxygen atoms in total. The molecule has 0 aliphatic rings. The highest BCUT2D eigenvalue weighted by molar-refractivity contribution is 5.31.